The molecule has 0 bridgehead atoms. The van der Waals surface area contributed by atoms with Gasteiger partial charge in [-0.15, -0.1) is 0 Å². The highest BCUT2D eigenvalue weighted by Crippen LogP contribution is 2.50. The van der Waals surface area contributed by atoms with Crippen molar-refractivity contribution in [3.63, 3.8) is 0 Å². The van der Waals surface area contributed by atoms with Crippen LogP contribution in [0.3, 0.4) is 0 Å². The Labute approximate surface area is 144 Å². The van der Waals surface area contributed by atoms with E-state index in [0.29, 0.717) is 12.8 Å². The van der Waals surface area contributed by atoms with Crippen molar-refractivity contribution < 1.29 is 13.6 Å². The van der Waals surface area contributed by atoms with Gasteiger partial charge in [0.1, 0.15) is 17.5 Å². The maximum atomic E-state index is 14.0. The summed E-state index contributed by atoms with van der Waals surface area (Å²) in [5, 5.41) is 2.99. The molecule has 0 unspecified atom stereocenters. The van der Waals surface area contributed by atoms with Crippen molar-refractivity contribution in [1.29, 1.82) is 0 Å². The zero-order valence-corrected chi connectivity index (χ0v) is 13.4. The molecule has 1 fully saturated rings. The van der Waals surface area contributed by atoms with Gasteiger partial charge in [-0.05, 0) is 49.2 Å². The van der Waals surface area contributed by atoms with E-state index in [2.05, 4.69) is 10.3 Å². The number of carbonyl (C=O) groups excluding carboxylic acids is 1. The molecule has 0 aliphatic heterocycles. The van der Waals surface area contributed by atoms with Crippen molar-refractivity contribution >= 4 is 17.4 Å². The minimum Gasteiger partial charge on any atom is -0.384 e. The molecule has 1 aliphatic rings. The Balaban J connectivity index is 1.72. The van der Waals surface area contributed by atoms with Crippen molar-refractivity contribution in [3.8, 4) is 0 Å². The number of carbonyl (C=O) groups is 1. The third-order valence-corrected chi connectivity index (χ3v) is 4.11. The molecule has 1 aliphatic carbocycles. The number of hydrogen-bond donors (Lipinski definition) is 2. The van der Waals surface area contributed by atoms with E-state index in [4.69, 9.17) is 5.73 Å². The summed E-state index contributed by atoms with van der Waals surface area (Å²) >= 11 is 0. The Morgan fingerprint density at radius 3 is 2.56 bits per heavy atom. The number of benzene rings is 2. The van der Waals surface area contributed by atoms with Gasteiger partial charge in [-0.3, -0.25) is 4.79 Å². The third-order valence-electron chi connectivity index (χ3n) is 4.11. The van der Waals surface area contributed by atoms with Crippen LogP contribution in [0.5, 0.6) is 0 Å². The second-order valence-corrected chi connectivity index (χ2v) is 5.89. The Hall–Kier alpha value is -3.02. The van der Waals surface area contributed by atoms with Crippen molar-refractivity contribution in [2.24, 2.45) is 10.7 Å². The van der Waals surface area contributed by atoms with Gasteiger partial charge in [0, 0.05) is 17.5 Å². The SMILES string of the molecule is NC(/C=C\Nc1ccccc1)=NC(=O)C1(c2cc(F)ccc2F)CC1. The van der Waals surface area contributed by atoms with E-state index in [9.17, 15) is 13.6 Å². The average Bonchev–Trinajstić information content (AvgIpc) is 3.40. The zero-order valence-electron chi connectivity index (χ0n) is 13.4. The first kappa shape index (κ1) is 16.8. The van der Waals surface area contributed by atoms with Crippen LogP contribution < -0.4 is 11.1 Å². The van der Waals surface area contributed by atoms with Crippen LogP contribution in [-0.2, 0) is 10.2 Å². The molecule has 3 N–H and O–H groups in total. The second kappa shape index (κ2) is 6.84. The molecule has 128 valence electrons. The van der Waals surface area contributed by atoms with E-state index in [0.717, 1.165) is 23.9 Å². The normalized spacial score (nSPS) is 16.0. The Bertz CT molecular complexity index is 843. The van der Waals surface area contributed by atoms with E-state index in [1.54, 1.807) is 6.20 Å². The fourth-order valence-corrected chi connectivity index (χ4v) is 2.61. The lowest BCUT2D eigenvalue weighted by Gasteiger charge is -2.12. The number of anilines is 1. The van der Waals surface area contributed by atoms with E-state index >= 15 is 0 Å². The number of nitrogens with zero attached hydrogens (tertiary/aromatic N) is 1. The van der Waals surface area contributed by atoms with Gasteiger partial charge < -0.3 is 11.1 Å². The lowest BCUT2D eigenvalue weighted by Crippen LogP contribution is -2.23. The summed E-state index contributed by atoms with van der Waals surface area (Å²) < 4.78 is 27.4. The molecule has 25 heavy (non-hydrogen) atoms. The fraction of sp³-hybridized carbons (Fsp3) is 0.158. The van der Waals surface area contributed by atoms with Crippen LogP contribution >= 0.6 is 0 Å². The number of rotatable bonds is 5. The van der Waals surface area contributed by atoms with Gasteiger partial charge >= 0.3 is 0 Å². The van der Waals surface area contributed by atoms with Crippen molar-refractivity contribution in [3.05, 3.63) is 78.0 Å². The molecule has 0 radical (unpaired) electrons. The largest absolute Gasteiger partial charge is 0.384 e. The molecule has 1 saturated carbocycles. The summed E-state index contributed by atoms with van der Waals surface area (Å²) in [5.41, 5.74) is 5.55. The van der Waals surface area contributed by atoms with Crippen LogP contribution in [0.25, 0.3) is 0 Å². The van der Waals surface area contributed by atoms with Crippen LogP contribution in [0.1, 0.15) is 18.4 Å². The first-order valence-electron chi connectivity index (χ1n) is 7.83. The number of halogens is 2. The van der Waals surface area contributed by atoms with Crippen molar-refractivity contribution in [1.82, 2.24) is 0 Å². The molecule has 3 rings (SSSR count). The highest BCUT2D eigenvalue weighted by Gasteiger charge is 2.53. The molecule has 0 aromatic heterocycles. The summed E-state index contributed by atoms with van der Waals surface area (Å²) in [7, 11) is 0. The fourth-order valence-electron chi connectivity index (χ4n) is 2.61. The maximum Gasteiger partial charge on any atom is 0.258 e. The average molecular weight is 341 g/mol. The standard InChI is InChI=1S/C19H17F2N3O/c20-13-6-7-16(21)15(12-13)19(9-10-19)18(25)24-17(22)8-11-23-14-4-2-1-3-5-14/h1-8,11-12,23H,9-10H2,(H2,22,24,25)/b11-8-. The van der Waals surface area contributed by atoms with Crippen LogP contribution in [-0.4, -0.2) is 11.7 Å². The molecule has 2 aromatic carbocycles. The highest BCUT2D eigenvalue weighted by molar-refractivity contribution is 6.04. The van der Waals surface area contributed by atoms with E-state index in [1.165, 1.54) is 6.08 Å². The first-order valence-corrected chi connectivity index (χ1v) is 7.83. The van der Waals surface area contributed by atoms with Gasteiger partial charge in [-0.25, -0.2) is 8.78 Å². The molecular formula is C19H17F2N3O. The summed E-state index contributed by atoms with van der Waals surface area (Å²) in [4.78, 5) is 16.3. The molecule has 1 amide bonds. The predicted molar refractivity (Wildman–Crippen MR) is 93.1 cm³/mol. The Morgan fingerprint density at radius 2 is 1.88 bits per heavy atom. The van der Waals surface area contributed by atoms with E-state index < -0.39 is 23.0 Å². The molecule has 2 aromatic rings. The third kappa shape index (κ3) is 3.74. The quantitative estimate of drug-likeness (QED) is 0.646. The number of hydrogen-bond acceptors (Lipinski definition) is 2. The molecule has 0 atom stereocenters. The predicted octanol–water partition coefficient (Wildman–Crippen LogP) is 3.51. The van der Waals surface area contributed by atoms with Crippen LogP contribution in [0.15, 0.2) is 65.8 Å². The molecule has 0 spiro atoms. The van der Waals surface area contributed by atoms with Crippen LogP contribution in [0, 0.1) is 11.6 Å². The first-order chi connectivity index (χ1) is 12.0. The minimum absolute atomic E-state index is 0.00322. The molecule has 6 heteroatoms. The van der Waals surface area contributed by atoms with Crippen molar-refractivity contribution in [2.45, 2.75) is 18.3 Å². The molecule has 4 nitrogen and oxygen atoms in total. The second-order valence-electron chi connectivity index (χ2n) is 5.89. The number of para-hydroxylation sites is 1. The van der Waals surface area contributed by atoms with Crippen LogP contribution in [0.4, 0.5) is 14.5 Å². The number of amidine groups is 1. The molecule has 0 heterocycles. The van der Waals surface area contributed by atoms with Gasteiger partial charge in [-0.1, -0.05) is 18.2 Å². The monoisotopic (exact) mass is 341 g/mol. The zero-order chi connectivity index (χ0) is 17.9. The Kier molecular flexibility index (Phi) is 4.61. The number of amides is 1. The lowest BCUT2D eigenvalue weighted by molar-refractivity contribution is -0.120. The summed E-state index contributed by atoms with van der Waals surface area (Å²) in [6.07, 6.45) is 3.86. The summed E-state index contributed by atoms with van der Waals surface area (Å²) in [5.74, 6) is -1.75. The van der Waals surface area contributed by atoms with Crippen LogP contribution in [0.2, 0.25) is 0 Å². The number of aliphatic imine (C=N–C) groups is 1. The smallest absolute Gasteiger partial charge is 0.258 e. The molecule has 0 saturated heterocycles. The van der Waals surface area contributed by atoms with Gasteiger partial charge in [0.05, 0.1) is 5.41 Å². The lowest BCUT2D eigenvalue weighted by atomic mass is 9.94. The number of nitrogens with one attached hydrogen (secondary N) is 1. The number of nitrogens with two attached hydrogens (primary N) is 1. The van der Waals surface area contributed by atoms with Gasteiger partial charge in [-0.2, -0.15) is 4.99 Å². The Morgan fingerprint density at radius 1 is 1.16 bits per heavy atom. The van der Waals surface area contributed by atoms with Gasteiger partial charge in [0.15, 0.2) is 0 Å². The van der Waals surface area contributed by atoms with Gasteiger partial charge in [0.25, 0.3) is 5.91 Å². The highest BCUT2D eigenvalue weighted by atomic mass is 19.1. The summed E-state index contributed by atoms with van der Waals surface area (Å²) in [6, 6.07) is 12.5. The van der Waals surface area contributed by atoms with Gasteiger partial charge in [0.2, 0.25) is 0 Å². The summed E-state index contributed by atoms with van der Waals surface area (Å²) in [6.45, 7) is 0. The van der Waals surface area contributed by atoms with E-state index in [-0.39, 0.29) is 11.4 Å². The minimum atomic E-state index is -1.10. The molecular weight excluding hydrogens is 324 g/mol. The maximum absolute atomic E-state index is 14.0. The topological polar surface area (TPSA) is 67.5 Å². The van der Waals surface area contributed by atoms with Crippen molar-refractivity contribution in [2.75, 3.05) is 5.32 Å². The van der Waals surface area contributed by atoms with E-state index in [1.807, 2.05) is 30.3 Å².